The molecular formula is C13H11F3N6O4S. The van der Waals surface area contributed by atoms with E-state index in [1.54, 1.807) is 4.83 Å². The molecule has 0 spiro atoms. The minimum Gasteiger partial charge on any atom is -0.305 e. The van der Waals surface area contributed by atoms with Gasteiger partial charge < -0.3 is 4.98 Å². The fourth-order valence-corrected chi connectivity index (χ4v) is 2.93. The Morgan fingerprint density at radius 3 is 2.41 bits per heavy atom. The van der Waals surface area contributed by atoms with Gasteiger partial charge >= 0.3 is 11.9 Å². The quantitative estimate of drug-likeness (QED) is 0.632. The van der Waals surface area contributed by atoms with Crippen molar-refractivity contribution in [3.05, 3.63) is 44.7 Å². The van der Waals surface area contributed by atoms with Gasteiger partial charge in [-0.25, -0.2) is 18.0 Å². The van der Waals surface area contributed by atoms with Crippen LogP contribution in [-0.4, -0.2) is 39.3 Å². The van der Waals surface area contributed by atoms with Crippen molar-refractivity contribution in [3.63, 3.8) is 0 Å². The summed E-state index contributed by atoms with van der Waals surface area (Å²) in [5, 5.41) is 6.83. The zero-order valence-electron chi connectivity index (χ0n) is 13.7. The highest BCUT2D eigenvalue weighted by Crippen LogP contribution is 2.37. The first-order valence-corrected chi connectivity index (χ1v) is 9.01. The van der Waals surface area contributed by atoms with Crippen molar-refractivity contribution < 1.29 is 21.6 Å². The van der Waals surface area contributed by atoms with Crippen LogP contribution < -0.4 is 16.1 Å². The number of rotatable bonds is 3. The van der Waals surface area contributed by atoms with E-state index in [1.165, 1.54) is 17.9 Å². The number of nitrogens with one attached hydrogen (secondary N) is 2. The van der Waals surface area contributed by atoms with Crippen molar-refractivity contribution in [1.29, 1.82) is 0 Å². The molecule has 0 aliphatic rings. The Morgan fingerprint density at radius 1 is 1.22 bits per heavy atom. The fraction of sp³-hybridized carbons (Fsp3) is 0.231. The van der Waals surface area contributed by atoms with E-state index in [0.717, 1.165) is 6.07 Å². The molecule has 0 atom stereocenters. The maximum atomic E-state index is 13.4. The van der Waals surface area contributed by atoms with E-state index in [4.69, 9.17) is 0 Å². The van der Waals surface area contributed by atoms with Gasteiger partial charge in [0, 0.05) is 12.6 Å². The molecule has 0 aliphatic heterocycles. The predicted molar refractivity (Wildman–Crippen MR) is 88.0 cm³/mol. The van der Waals surface area contributed by atoms with E-state index in [1.807, 2.05) is 0 Å². The largest absolute Gasteiger partial charge is 0.417 e. The van der Waals surface area contributed by atoms with Crippen LogP contribution >= 0.6 is 0 Å². The lowest BCUT2D eigenvalue weighted by molar-refractivity contribution is -0.137. The molecule has 2 heterocycles. The van der Waals surface area contributed by atoms with Gasteiger partial charge in [0.05, 0.1) is 28.9 Å². The lowest BCUT2D eigenvalue weighted by atomic mass is 10.0. The van der Waals surface area contributed by atoms with Crippen LogP contribution in [0.4, 0.5) is 13.2 Å². The third kappa shape index (κ3) is 3.55. The number of aromatic nitrogens is 5. The van der Waals surface area contributed by atoms with Gasteiger partial charge in [0.1, 0.15) is 5.69 Å². The third-order valence-electron chi connectivity index (χ3n) is 3.48. The topological polar surface area (TPSA) is 132 Å². The first-order valence-electron chi connectivity index (χ1n) is 7.11. The molecule has 0 radical (unpaired) electrons. The summed E-state index contributed by atoms with van der Waals surface area (Å²) in [7, 11) is -2.54. The second-order valence-corrected chi connectivity index (χ2v) is 7.38. The molecule has 0 unspecified atom stereocenters. The minimum atomic E-state index is -4.81. The van der Waals surface area contributed by atoms with Crippen molar-refractivity contribution in [2.24, 2.45) is 7.05 Å². The summed E-state index contributed by atoms with van der Waals surface area (Å²) in [6.07, 6.45) is -2.88. The molecule has 1 aromatic carbocycles. The Hall–Kier alpha value is -3.16. The van der Waals surface area contributed by atoms with E-state index in [2.05, 4.69) is 15.3 Å². The number of halogens is 3. The smallest absolute Gasteiger partial charge is 0.305 e. The monoisotopic (exact) mass is 404 g/mol. The summed E-state index contributed by atoms with van der Waals surface area (Å²) in [6.45, 7) is 0. The molecule has 0 saturated carbocycles. The summed E-state index contributed by atoms with van der Waals surface area (Å²) in [5.41, 5.74) is -4.52. The van der Waals surface area contributed by atoms with Crippen molar-refractivity contribution in [1.82, 2.24) is 24.7 Å². The lowest BCUT2D eigenvalue weighted by Gasteiger charge is -2.13. The zero-order chi connectivity index (χ0) is 20.1. The van der Waals surface area contributed by atoms with Gasteiger partial charge in [-0.2, -0.15) is 17.8 Å². The molecule has 2 N–H and O–H groups in total. The Kier molecular flexibility index (Phi) is 4.09. The van der Waals surface area contributed by atoms with E-state index in [9.17, 15) is 31.2 Å². The van der Waals surface area contributed by atoms with E-state index in [0.29, 0.717) is 12.3 Å². The molecule has 0 bridgehead atoms. The normalized spacial score (nSPS) is 12.5. The van der Waals surface area contributed by atoms with Gasteiger partial charge in [0.25, 0.3) is 5.56 Å². The fourth-order valence-electron chi connectivity index (χ4n) is 2.43. The average molecular weight is 404 g/mol. The van der Waals surface area contributed by atoms with Crippen LogP contribution in [0.3, 0.4) is 0 Å². The highest BCUT2D eigenvalue weighted by molar-refractivity contribution is 7.91. The number of aryl methyl sites for hydroxylation is 1. The minimum absolute atomic E-state index is 0.153. The van der Waals surface area contributed by atoms with Gasteiger partial charge in [-0.3, -0.25) is 9.48 Å². The SMILES string of the molecule is Cn1cc(-c2cc3c(=O)n(NS(C)(=O)=O)c(=O)[nH]c3cc2C(F)(F)F)nn1. The molecule has 0 saturated heterocycles. The van der Waals surface area contributed by atoms with Gasteiger partial charge in [-0.15, -0.1) is 5.10 Å². The molecule has 2 aromatic heterocycles. The number of benzene rings is 1. The summed E-state index contributed by atoms with van der Waals surface area (Å²) >= 11 is 0. The first kappa shape index (κ1) is 18.6. The van der Waals surface area contributed by atoms with Crippen LogP contribution in [-0.2, 0) is 23.2 Å². The van der Waals surface area contributed by atoms with Crippen LogP contribution in [0, 0.1) is 0 Å². The molecule has 3 aromatic rings. The number of fused-ring (bicyclic) bond motifs is 1. The molecular weight excluding hydrogens is 393 g/mol. The van der Waals surface area contributed by atoms with Gasteiger partial charge in [-0.1, -0.05) is 5.21 Å². The zero-order valence-corrected chi connectivity index (χ0v) is 14.5. The Balaban J connectivity index is 2.40. The Morgan fingerprint density at radius 2 is 1.89 bits per heavy atom. The molecule has 14 heteroatoms. The number of nitrogens with zero attached hydrogens (tertiary/aromatic N) is 4. The van der Waals surface area contributed by atoms with Crippen molar-refractivity contribution >= 4 is 20.9 Å². The summed E-state index contributed by atoms with van der Waals surface area (Å²) in [5.74, 6) is 0. The molecule has 0 fully saturated rings. The van der Waals surface area contributed by atoms with Crippen LogP contribution in [0.15, 0.2) is 27.9 Å². The number of hydrogen-bond donors (Lipinski definition) is 2. The molecule has 10 nitrogen and oxygen atoms in total. The molecule has 0 aliphatic carbocycles. The molecule has 0 amide bonds. The third-order valence-corrected chi connectivity index (χ3v) is 3.99. The maximum absolute atomic E-state index is 13.4. The van der Waals surface area contributed by atoms with Crippen LogP contribution in [0.1, 0.15) is 5.56 Å². The van der Waals surface area contributed by atoms with Crippen LogP contribution in [0.2, 0.25) is 0 Å². The van der Waals surface area contributed by atoms with Crippen molar-refractivity contribution in [2.75, 3.05) is 11.1 Å². The van der Waals surface area contributed by atoms with E-state index >= 15 is 0 Å². The number of aromatic amines is 1. The van der Waals surface area contributed by atoms with Gasteiger partial charge in [0.2, 0.25) is 10.0 Å². The number of hydrogen-bond acceptors (Lipinski definition) is 6. The standard InChI is InChI=1S/C13H11F3N6O4S/c1-21-5-10(18-19-21)6-3-7-9(4-8(6)13(14,15)16)17-12(24)22(11(7)23)20-27(2,25)26/h3-5,20H,1-2H3,(H,17,24). The predicted octanol–water partition coefficient (Wildman–Crippen LogP) is 0.00720. The lowest BCUT2D eigenvalue weighted by Crippen LogP contribution is -2.43. The summed E-state index contributed by atoms with van der Waals surface area (Å²) < 4.78 is 64.3. The molecule has 144 valence electrons. The summed E-state index contributed by atoms with van der Waals surface area (Å²) in [4.78, 5) is 28.1. The van der Waals surface area contributed by atoms with Gasteiger partial charge in [0.15, 0.2) is 0 Å². The van der Waals surface area contributed by atoms with E-state index in [-0.39, 0.29) is 15.8 Å². The second kappa shape index (κ2) is 5.94. The van der Waals surface area contributed by atoms with Crippen molar-refractivity contribution in [2.45, 2.75) is 6.18 Å². The molecule has 27 heavy (non-hydrogen) atoms. The number of H-pyrrole nitrogens is 1. The highest BCUT2D eigenvalue weighted by atomic mass is 32.2. The highest BCUT2D eigenvalue weighted by Gasteiger charge is 2.35. The average Bonchev–Trinajstić information content (AvgIpc) is 2.95. The van der Waals surface area contributed by atoms with Crippen LogP contribution in [0.25, 0.3) is 22.2 Å². The molecule has 3 rings (SSSR count). The number of alkyl halides is 3. The Labute approximate surface area is 148 Å². The van der Waals surface area contributed by atoms with Gasteiger partial charge in [-0.05, 0) is 12.1 Å². The first-order chi connectivity index (χ1) is 12.4. The number of sulfonamides is 1. The van der Waals surface area contributed by atoms with Crippen LogP contribution in [0.5, 0.6) is 0 Å². The van der Waals surface area contributed by atoms with E-state index < -0.39 is 44.1 Å². The maximum Gasteiger partial charge on any atom is 0.417 e. The second-order valence-electron chi connectivity index (χ2n) is 5.65. The summed E-state index contributed by atoms with van der Waals surface area (Å²) in [6, 6.07) is 1.47. The Bertz CT molecular complexity index is 1270. The van der Waals surface area contributed by atoms with Crippen molar-refractivity contribution in [3.8, 4) is 11.3 Å².